The fourth-order valence-corrected chi connectivity index (χ4v) is 3.44. The largest absolute Gasteiger partial charge is 0.497 e. The van der Waals surface area contributed by atoms with Crippen LogP contribution in [0.5, 0.6) is 5.75 Å². The van der Waals surface area contributed by atoms with Crippen LogP contribution in [0, 0.1) is 0 Å². The topological polar surface area (TPSA) is 111 Å². The molecule has 0 bridgehead atoms. The maximum absolute atomic E-state index is 12.0. The molecule has 0 saturated heterocycles. The summed E-state index contributed by atoms with van der Waals surface area (Å²) in [5.41, 5.74) is 0.550. The third-order valence-electron chi connectivity index (χ3n) is 3.32. The molecule has 2 N–H and O–H groups in total. The van der Waals surface area contributed by atoms with Crippen molar-refractivity contribution in [2.45, 2.75) is 11.7 Å². The number of hydrogen-bond acceptors (Lipinski definition) is 8. The van der Waals surface area contributed by atoms with Crippen molar-refractivity contribution in [2.24, 2.45) is 0 Å². The highest BCUT2D eigenvalue weighted by molar-refractivity contribution is 7.99. The van der Waals surface area contributed by atoms with Crippen LogP contribution in [0.1, 0.15) is 4.88 Å². The fourth-order valence-electron chi connectivity index (χ4n) is 2.08. The van der Waals surface area contributed by atoms with E-state index in [1.54, 1.807) is 47.4 Å². The van der Waals surface area contributed by atoms with Crippen molar-refractivity contribution in [3.63, 3.8) is 0 Å². The van der Waals surface area contributed by atoms with Gasteiger partial charge in [0.05, 0.1) is 19.4 Å². The van der Waals surface area contributed by atoms with Gasteiger partial charge >= 0.3 is 6.03 Å². The Kier molecular flexibility index (Phi) is 6.39. The highest BCUT2D eigenvalue weighted by Crippen LogP contribution is 2.17. The molecular formula is C16H16N6O3S2. The number of imide groups is 1. The lowest BCUT2D eigenvalue weighted by atomic mass is 10.3. The first-order chi connectivity index (χ1) is 13.1. The maximum atomic E-state index is 12.0. The molecule has 2 aromatic heterocycles. The molecule has 0 saturated carbocycles. The number of thioether (sulfide) groups is 1. The van der Waals surface area contributed by atoms with Crippen molar-refractivity contribution in [3.05, 3.63) is 46.7 Å². The van der Waals surface area contributed by atoms with Crippen LogP contribution >= 0.6 is 23.1 Å². The Morgan fingerprint density at radius 1 is 1.26 bits per heavy atom. The Morgan fingerprint density at radius 2 is 2.07 bits per heavy atom. The smallest absolute Gasteiger partial charge is 0.325 e. The van der Waals surface area contributed by atoms with E-state index in [2.05, 4.69) is 26.2 Å². The summed E-state index contributed by atoms with van der Waals surface area (Å²) in [6, 6.07) is 10.1. The van der Waals surface area contributed by atoms with Crippen LogP contribution in [-0.4, -0.2) is 45.0 Å². The first-order valence-corrected chi connectivity index (χ1v) is 9.67. The highest BCUT2D eigenvalue weighted by atomic mass is 32.2. The van der Waals surface area contributed by atoms with Gasteiger partial charge in [0.15, 0.2) is 0 Å². The standard InChI is InChI=1S/C16H16N6O3S2/c1-25-12-6-4-11(5-7-12)17-15(24)18-14(23)10-27-16-19-20-21-22(16)9-13-3-2-8-26-13/h2-8H,9-10H2,1H3,(H2,17,18,23,24). The van der Waals surface area contributed by atoms with Crippen LogP contribution in [-0.2, 0) is 11.3 Å². The van der Waals surface area contributed by atoms with E-state index in [0.717, 1.165) is 16.6 Å². The van der Waals surface area contributed by atoms with Crippen LogP contribution in [0.3, 0.4) is 0 Å². The number of rotatable bonds is 7. The zero-order valence-electron chi connectivity index (χ0n) is 14.3. The Labute approximate surface area is 163 Å². The molecule has 0 atom stereocenters. The number of amides is 3. The number of nitrogens with one attached hydrogen (secondary N) is 2. The Morgan fingerprint density at radius 3 is 2.78 bits per heavy atom. The normalized spacial score (nSPS) is 10.4. The number of nitrogens with zero attached hydrogens (tertiary/aromatic N) is 4. The van der Waals surface area contributed by atoms with Gasteiger partial charge in [0.25, 0.3) is 0 Å². The lowest BCUT2D eigenvalue weighted by molar-refractivity contribution is -0.117. The quantitative estimate of drug-likeness (QED) is 0.581. The van der Waals surface area contributed by atoms with E-state index < -0.39 is 11.9 Å². The molecule has 9 nitrogen and oxygen atoms in total. The van der Waals surface area contributed by atoms with Gasteiger partial charge in [0.2, 0.25) is 11.1 Å². The van der Waals surface area contributed by atoms with Crippen molar-refractivity contribution in [1.29, 1.82) is 0 Å². The third-order valence-corrected chi connectivity index (χ3v) is 5.14. The number of ether oxygens (including phenoxy) is 1. The van der Waals surface area contributed by atoms with Crippen LogP contribution in [0.15, 0.2) is 46.9 Å². The van der Waals surface area contributed by atoms with Gasteiger partial charge in [-0.05, 0) is 46.1 Å². The number of methoxy groups -OCH3 is 1. The van der Waals surface area contributed by atoms with Crippen LogP contribution < -0.4 is 15.4 Å². The third kappa shape index (κ3) is 5.53. The SMILES string of the molecule is COc1ccc(NC(=O)NC(=O)CSc2nnnn2Cc2cccs2)cc1. The molecule has 0 unspecified atom stereocenters. The molecule has 3 aromatic rings. The molecular weight excluding hydrogens is 388 g/mol. The number of benzene rings is 1. The first kappa shape index (κ1) is 18.9. The molecule has 1 aromatic carbocycles. The van der Waals surface area contributed by atoms with Gasteiger partial charge in [0, 0.05) is 10.6 Å². The van der Waals surface area contributed by atoms with Crippen LogP contribution in [0.25, 0.3) is 0 Å². The minimum atomic E-state index is -0.607. The van der Waals surface area contributed by atoms with Crippen molar-refractivity contribution in [1.82, 2.24) is 25.5 Å². The van der Waals surface area contributed by atoms with Gasteiger partial charge in [-0.25, -0.2) is 9.48 Å². The highest BCUT2D eigenvalue weighted by Gasteiger charge is 2.13. The number of aromatic nitrogens is 4. The summed E-state index contributed by atoms with van der Waals surface area (Å²) < 4.78 is 6.66. The number of carbonyl (C=O) groups is 2. The average molecular weight is 404 g/mol. The summed E-state index contributed by atoms with van der Waals surface area (Å²) in [6.07, 6.45) is 0. The van der Waals surface area contributed by atoms with Crippen molar-refractivity contribution < 1.29 is 14.3 Å². The Balaban J connectivity index is 1.46. The number of thiophene rings is 1. The van der Waals surface area contributed by atoms with E-state index in [1.807, 2.05) is 17.5 Å². The monoisotopic (exact) mass is 404 g/mol. The first-order valence-electron chi connectivity index (χ1n) is 7.80. The lowest BCUT2D eigenvalue weighted by Gasteiger charge is -2.07. The van der Waals surface area contributed by atoms with E-state index in [1.165, 1.54) is 0 Å². The number of tetrazole rings is 1. The van der Waals surface area contributed by atoms with Gasteiger partial charge in [-0.1, -0.05) is 17.8 Å². The zero-order valence-corrected chi connectivity index (χ0v) is 15.9. The summed E-state index contributed by atoms with van der Waals surface area (Å²) in [5.74, 6) is 0.242. The van der Waals surface area contributed by atoms with E-state index >= 15 is 0 Å². The average Bonchev–Trinajstić information content (AvgIpc) is 3.33. The summed E-state index contributed by atoms with van der Waals surface area (Å²) in [6.45, 7) is 0.534. The molecule has 2 heterocycles. The molecule has 3 amide bonds. The number of urea groups is 1. The van der Waals surface area contributed by atoms with Gasteiger partial charge in [0.1, 0.15) is 5.75 Å². The molecule has 140 valence electrons. The van der Waals surface area contributed by atoms with E-state index in [4.69, 9.17) is 4.74 Å². The second kappa shape index (κ2) is 9.14. The maximum Gasteiger partial charge on any atom is 0.325 e. The lowest BCUT2D eigenvalue weighted by Crippen LogP contribution is -2.35. The second-order valence-electron chi connectivity index (χ2n) is 5.22. The minimum Gasteiger partial charge on any atom is -0.497 e. The summed E-state index contributed by atoms with van der Waals surface area (Å²) >= 11 is 2.76. The summed E-state index contributed by atoms with van der Waals surface area (Å²) in [4.78, 5) is 25.0. The molecule has 0 radical (unpaired) electrons. The Bertz CT molecular complexity index is 895. The molecule has 0 fully saturated rings. The molecule has 3 rings (SSSR count). The molecule has 0 aliphatic heterocycles. The minimum absolute atomic E-state index is 0.0147. The summed E-state index contributed by atoms with van der Waals surface area (Å²) in [5, 5.41) is 18.8. The molecule has 0 aliphatic carbocycles. The molecule has 0 aliphatic rings. The van der Waals surface area contributed by atoms with E-state index in [-0.39, 0.29) is 5.75 Å². The Hall–Kier alpha value is -2.92. The number of hydrogen-bond donors (Lipinski definition) is 2. The van der Waals surface area contributed by atoms with Gasteiger partial charge in [-0.2, -0.15) is 0 Å². The van der Waals surface area contributed by atoms with Crippen LogP contribution in [0.2, 0.25) is 0 Å². The van der Waals surface area contributed by atoms with Gasteiger partial charge < -0.3 is 10.1 Å². The predicted octanol–water partition coefficient (Wildman–Crippen LogP) is 2.23. The van der Waals surface area contributed by atoms with Crippen LogP contribution in [0.4, 0.5) is 10.5 Å². The molecule has 27 heavy (non-hydrogen) atoms. The van der Waals surface area contributed by atoms with E-state index in [9.17, 15) is 9.59 Å². The van der Waals surface area contributed by atoms with Gasteiger partial charge in [-0.3, -0.25) is 10.1 Å². The molecule has 0 spiro atoms. The van der Waals surface area contributed by atoms with Crippen molar-refractivity contribution in [3.8, 4) is 5.75 Å². The number of carbonyl (C=O) groups excluding carboxylic acids is 2. The van der Waals surface area contributed by atoms with Crippen molar-refractivity contribution >= 4 is 40.7 Å². The zero-order chi connectivity index (χ0) is 19.1. The van der Waals surface area contributed by atoms with Gasteiger partial charge in [-0.15, -0.1) is 16.4 Å². The second-order valence-corrected chi connectivity index (χ2v) is 7.19. The number of anilines is 1. The molecule has 11 heteroatoms. The summed E-state index contributed by atoms with van der Waals surface area (Å²) in [7, 11) is 1.56. The van der Waals surface area contributed by atoms with E-state index in [0.29, 0.717) is 23.1 Å². The predicted molar refractivity (Wildman–Crippen MR) is 102 cm³/mol. The fraction of sp³-hybridized carbons (Fsp3) is 0.188. The van der Waals surface area contributed by atoms with Crippen molar-refractivity contribution in [2.75, 3.05) is 18.2 Å².